The van der Waals surface area contributed by atoms with Gasteiger partial charge in [-0.1, -0.05) is 24.2 Å². The number of aromatic hydroxyl groups is 3. The van der Waals surface area contributed by atoms with E-state index in [9.17, 15) is 15.3 Å². The smallest absolute Gasteiger partial charge is 0.119 e. The fourth-order valence-corrected chi connectivity index (χ4v) is 1.13. The van der Waals surface area contributed by atoms with Gasteiger partial charge in [0.2, 0.25) is 0 Å². The fourth-order valence-electron chi connectivity index (χ4n) is 1.13. The lowest BCUT2D eigenvalue weighted by molar-refractivity contribution is 0.450. The van der Waals surface area contributed by atoms with Gasteiger partial charge in [0.25, 0.3) is 0 Å². The highest BCUT2D eigenvalue weighted by molar-refractivity contribution is 5.71. The van der Waals surface area contributed by atoms with E-state index in [4.69, 9.17) is 8.22 Å². The molecule has 0 saturated heterocycles. The van der Waals surface area contributed by atoms with E-state index in [-0.39, 0.29) is 17.4 Å². The minimum Gasteiger partial charge on any atom is -0.508 e. The monoisotopic (exact) mass is 234 g/mol. The van der Waals surface area contributed by atoms with E-state index in [1.54, 1.807) is 0 Å². The Kier molecular flexibility index (Phi) is 1.57. The molecular weight excluding hydrogens is 216 g/mol. The second kappa shape index (κ2) is 4.61. The number of hydrogen-bond acceptors (Lipinski definition) is 3. The van der Waals surface area contributed by atoms with E-state index in [0.29, 0.717) is 0 Å². The van der Waals surface area contributed by atoms with Crippen LogP contribution in [0.5, 0.6) is 17.2 Å². The molecule has 3 N–H and O–H groups in total. The SMILES string of the molecule is [2H]C(=C([2H])c1c([2H])c(O)c([2H])c(O)c1[2H])c1ccc(O)cc1[2H]. The minimum absolute atomic E-state index is 0.0273. The largest absolute Gasteiger partial charge is 0.508 e. The lowest BCUT2D eigenvalue weighted by Crippen LogP contribution is -1.74. The van der Waals surface area contributed by atoms with Crippen molar-refractivity contribution in [2.75, 3.05) is 0 Å². The first-order valence-corrected chi connectivity index (χ1v) is 4.66. The van der Waals surface area contributed by atoms with Crippen LogP contribution in [0.1, 0.15) is 19.4 Å². The van der Waals surface area contributed by atoms with E-state index in [1.165, 1.54) is 12.1 Å². The molecule has 17 heavy (non-hydrogen) atoms. The van der Waals surface area contributed by atoms with E-state index in [2.05, 4.69) is 0 Å². The summed E-state index contributed by atoms with van der Waals surface area (Å²) in [4.78, 5) is 0. The molecule has 0 amide bonds. The number of hydrogen-bond donors (Lipinski definition) is 3. The average molecular weight is 234 g/mol. The lowest BCUT2D eigenvalue weighted by Gasteiger charge is -1.98. The Bertz CT molecular complexity index is 803. The summed E-state index contributed by atoms with van der Waals surface area (Å²) in [5.74, 6) is -1.99. The second-order valence-corrected chi connectivity index (χ2v) is 3.16. The molecule has 0 aliphatic heterocycles. The molecule has 0 radical (unpaired) electrons. The van der Waals surface area contributed by atoms with Gasteiger partial charge in [-0.2, -0.15) is 0 Å². The van der Waals surface area contributed by atoms with Crippen LogP contribution < -0.4 is 0 Å². The third-order valence-corrected chi connectivity index (χ3v) is 1.84. The summed E-state index contributed by atoms with van der Waals surface area (Å²) in [6, 6.07) is -0.130. The summed E-state index contributed by atoms with van der Waals surface area (Å²) in [5.41, 5.74) is -0.547. The van der Waals surface area contributed by atoms with Crippen LogP contribution in [0.3, 0.4) is 0 Å². The second-order valence-electron chi connectivity index (χ2n) is 3.16. The molecule has 2 aromatic carbocycles. The third-order valence-electron chi connectivity index (χ3n) is 1.84. The van der Waals surface area contributed by atoms with Crippen LogP contribution in [0.25, 0.3) is 12.1 Å². The van der Waals surface area contributed by atoms with Crippen LogP contribution in [-0.2, 0) is 0 Å². The van der Waals surface area contributed by atoms with Gasteiger partial charge in [-0.25, -0.2) is 0 Å². The maximum Gasteiger partial charge on any atom is 0.119 e. The Labute approximate surface area is 107 Å². The number of benzene rings is 2. The molecule has 0 aliphatic carbocycles. The molecule has 0 fully saturated rings. The first-order chi connectivity index (χ1) is 10.7. The number of phenolic OH excluding ortho intramolecular Hbond substituents is 3. The van der Waals surface area contributed by atoms with Crippen molar-refractivity contribution in [2.24, 2.45) is 0 Å². The van der Waals surface area contributed by atoms with Crippen LogP contribution in [-0.4, -0.2) is 15.3 Å². The quantitative estimate of drug-likeness (QED) is 0.700. The molecular formula is C14H12O3. The maximum absolute atomic E-state index is 9.63. The van der Waals surface area contributed by atoms with E-state index in [0.717, 1.165) is 6.07 Å². The Hall–Kier alpha value is -2.42. The van der Waals surface area contributed by atoms with Gasteiger partial charge in [-0.05, 0) is 35.3 Å². The topological polar surface area (TPSA) is 60.7 Å². The van der Waals surface area contributed by atoms with E-state index < -0.39 is 47.3 Å². The molecule has 86 valence electrons. The Morgan fingerprint density at radius 2 is 1.47 bits per heavy atom. The van der Waals surface area contributed by atoms with Crippen molar-refractivity contribution in [2.45, 2.75) is 0 Å². The average Bonchev–Trinajstić information content (AvgIpc) is 2.50. The van der Waals surface area contributed by atoms with Crippen LogP contribution >= 0.6 is 0 Å². The highest BCUT2D eigenvalue weighted by atomic mass is 16.3. The van der Waals surface area contributed by atoms with Crippen molar-refractivity contribution in [1.29, 1.82) is 0 Å². The Morgan fingerprint density at radius 1 is 0.824 bits per heavy atom. The number of phenols is 3. The lowest BCUT2D eigenvalue weighted by atomic mass is 10.1. The van der Waals surface area contributed by atoms with Gasteiger partial charge in [0.1, 0.15) is 17.2 Å². The summed E-state index contributed by atoms with van der Waals surface area (Å²) in [6.07, 6.45) is 0. The van der Waals surface area contributed by atoms with Crippen LogP contribution in [0.4, 0.5) is 0 Å². The minimum atomic E-state index is -0.900. The predicted molar refractivity (Wildman–Crippen MR) is 66.8 cm³/mol. The zero-order chi connectivity index (χ0) is 17.5. The van der Waals surface area contributed by atoms with Crippen LogP contribution in [0.15, 0.2) is 42.4 Å². The molecule has 0 spiro atoms. The molecule has 0 aliphatic rings. The molecule has 0 unspecified atom stereocenters. The maximum atomic E-state index is 9.63. The molecule has 3 nitrogen and oxygen atoms in total. The summed E-state index contributed by atoms with van der Waals surface area (Å²) in [6.45, 7) is 0. The molecule has 0 heterocycles. The van der Waals surface area contributed by atoms with Gasteiger partial charge in [0.15, 0.2) is 0 Å². The first kappa shape index (κ1) is 5.77. The molecule has 0 aromatic heterocycles. The molecule has 2 rings (SSSR count). The Morgan fingerprint density at radius 3 is 2.12 bits per heavy atom. The molecule has 0 bridgehead atoms. The predicted octanol–water partition coefficient (Wildman–Crippen LogP) is 2.97. The van der Waals surface area contributed by atoms with E-state index in [1.807, 2.05) is 0 Å². The zero-order valence-electron chi connectivity index (χ0n) is 14.6. The van der Waals surface area contributed by atoms with Crippen LogP contribution in [0.2, 0.25) is 0 Å². The molecule has 0 atom stereocenters. The van der Waals surface area contributed by atoms with Crippen molar-refractivity contribution in [3.63, 3.8) is 0 Å². The summed E-state index contributed by atoms with van der Waals surface area (Å²) in [5, 5.41) is 28.5. The van der Waals surface area contributed by atoms with E-state index >= 15 is 0 Å². The zero-order valence-corrected chi connectivity index (χ0v) is 8.57. The van der Waals surface area contributed by atoms with Crippen LogP contribution in [0, 0.1) is 0 Å². The third kappa shape index (κ3) is 3.01. The van der Waals surface area contributed by atoms with Gasteiger partial charge in [-0.15, -0.1) is 0 Å². The summed E-state index contributed by atoms with van der Waals surface area (Å²) >= 11 is 0. The highest BCUT2D eigenvalue weighted by Gasteiger charge is 1.95. The van der Waals surface area contributed by atoms with Crippen molar-refractivity contribution in [1.82, 2.24) is 0 Å². The van der Waals surface area contributed by atoms with Gasteiger partial charge >= 0.3 is 0 Å². The van der Waals surface area contributed by atoms with Crippen molar-refractivity contribution >= 4 is 12.1 Å². The number of rotatable bonds is 2. The summed E-state index contributed by atoms with van der Waals surface area (Å²) in [7, 11) is 0. The van der Waals surface area contributed by atoms with Gasteiger partial charge < -0.3 is 15.3 Å². The van der Waals surface area contributed by atoms with Crippen molar-refractivity contribution in [3.05, 3.63) is 53.5 Å². The standard InChI is InChI=1S/C14H12O3/c15-12-5-3-10(4-6-12)1-2-11-7-13(16)9-14(17)8-11/h1-9,15-17H/i1D,2D,3D,7D,8D,9D. The normalized spacial score (nSPS) is 16.9. The molecule has 0 saturated carbocycles. The highest BCUT2D eigenvalue weighted by Crippen LogP contribution is 2.22. The summed E-state index contributed by atoms with van der Waals surface area (Å²) < 4.78 is 46.5. The van der Waals surface area contributed by atoms with Gasteiger partial charge in [-0.3, -0.25) is 0 Å². The molecule has 3 heteroatoms. The van der Waals surface area contributed by atoms with Crippen molar-refractivity contribution < 1.29 is 23.5 Å². The molecule has 2 aromatic rings. The Balaban J connectivity index is 2.75. The fraction of sp³-hybridized carbons (Fsp3) is 0. The van der Waals surface area contributed by atoms with Gasteiger partial charge in [0, 0.05) is 6.04 Å². The van der Waals surface area contributed by atoms with Gasteiger partial charge in [0.05, 0.1) is 8.22 Å². The van der Waals surface area contributed by atoms with Crippen molar-refractivity contribution in [3.8, 4) is 17.2 Å². The first-order valence-electron chi connectivity index (χ1n) is 7.66.